The molecule has 2 aromatic carbocycles. The SMILES string of the molecule is C=C/C=C\C(C)CCC1=CNCC(c2oc3c(C(C)Nc4ccccc4C(=O)O)cc(C)cc3c(=O)c2C)=C1.CC. The topological polar surface area (TPSA) is 91.6 Å². The third-order valence-electron chi connectivity index (χ3n) is 7.08. The zero-order valence-electron chi connectivity index (χ0n) is 25.0. The molecule has 41 heavy (non-hydrogen) atoms. The van der Waals surface area contributed by atoms with Crippen LogP contribution in [0.25, 0.3) is 16.5 Å². The summed E-state index contributed by atoms with van der Waals surface area (Å²) < 4.78 is 6.55. The molecule has 0 saturated heterocycles. The van der Waals surface area contributed by atoms with Gasteiger partial charge in [0.2, 0.25) is 0 Å². The number of nitrogens with one attached hydrogen (secondary N) is 2. The number of benzene rings is 2. The van der Waals surface area contributed by atoms with E-state index in [1.165, 1.54) is 0 Å². The lowest BCUT2D eigenvalue weighted by Crippen LogP contribution is -2.18. The van der Waals surface area contributed by atoms with Gasteiger partial charge in [0, 0.05) is 28.9 Å². The standard InChI is InChI=1S/C33H36N2O4.C2H6/c1-6-7-10-20(2)13-14-24-17-25(19-34-18-24)31-22(4)30(36)28-16-21(3)15-27(32(28)39-31)23(5)35-29-12-9-8-11-26(29)33(37)38;1-2/h6-12,15-18,20,23,34-35H,1,13-14,19H2,2-5H3,(H,37,38);1-2H3/b10-7-;. The molecule has 3 aromatic rings. The summed E-state index contributed by atoms with van der Waals surface area (Å²) in [7, 11) is 0. The molecule has 6 nitrogen and oxygen atoms in total. The smallest absolute Gasteiger partial charge is 0.337 e. The Balaban J connectivity index is 0.00000226. The van der Waals surface area contributed by atoms with E-state index in [-0.39, 0.29) is 17.0 Å². The molecule has 0 aliphatic carbocycles. The third kappa shape index (κ3) is 7.46. The molecule has 1 aliphatic rings. The Bertz CT molecular complexity index is 1560. The van der Waals surface area contributed by atoms with Crippen molar-refractivity contribution in [3.05, 3.63) is 117 Å². The van der Waals surface area contributed by atoms with Crippen molar-refractivity contribution in [2.45, 2.75) is 60.4 Å². The van der Waals surface area contributed by atoms with Crippen molar-refractivity contribution in [1.82, 2.24) is 5.32 Å². The van der Waals surface area contributed by atoms with Crippen LogP contribution in [-0.4, -0.2) is 17.6 Å². The summed E-state index contributed by atoms with van der Waals surface area (Å²) in [6, 6.07) is 10.3. The second-order valence-electron chi connectivity index (χ2n) is 10.2. The minimum atomic E-state index is -1.00. The molecule has 2 atom stereocenters. The highest BCUT2D eigenvalue weighted by atomic mass is 16.4. The van der Waals surface area contributed by atoms with Gasteiger partial charge in [-0.05, 0) is 81.1 Å². The predicted molar refractivity (Wildman–Crippen MR) is 171 cm³/mol. The van der Waals surface area contributed by atoms with Crippen LogP contribution >= 0.6 is 0 Å². The average Bonchev–Trinajstić information content (AvgIpc) is 2.98. The van der Waals surface area contributed by atoms with E-state index in [0.29, 0.717) is 40.4 Å². The lowest BCUT2D eigenvalue weighted by molar-refractivity contribution is 0.0698. The van der Waals surface area contributed by atoms with E-state index < -0.39 is 5.97 Å². The van der Waals surface area contributed by atoms with Crippen molar-refractivity contribution in [3.8, 4) is 0 Å². The van der Waals surface area contributed by atoms with Crippen molar-refractivity contribution in [1.29, 1.82) is 0 Å². The lowest BCUT2D eigenvalue weighted by Gasteiger charge is -2.21. The molecule has 0 saturated carbocycles. The van der Waals surface area contributed by atoms with E-state index in [4.69, 9.17) is 4.42 Å². The maximum absolute atomic E-state index is 13.6. The van der Waals surface area contributed by atoms with Gasteiger partial charge in [-0.3, -0.25) is 4.79 Å². The maximum Gasteiger partial charge on any atom is 0.337 e. The molecule has 0 bridgehead atoms. The normalized spacial score (nSPS) is 14.3. The average molecular weight is 555 g/mol. The number of aryl methyl sites for hydroxylation is 1. The number of aromatic carboxylic acids is 1. The van der Waals surface area contributed by atoms with Gasteiger partial charge in [0.05, 0.1) is 17.0 Å². The second kappa shape index (κ2) is 14.4. The van der Waals surface area contributed by atoms with Gasteiger partial charge in [-0.25, -0.2) is 4.79 Å². The van der Waals surface area contributed by atoms with E-state index >= 15 is 0 Å². The number of hydrogen-bond acceptors (Lipinski definition) is 5. The molecular weight excluding hydrogens is 512 g/mol. The van der Waals surface area contributed by atoms with E-state index in [1.807, 2.05) is 59.0 Å². The van der Waals surface area contributed by atoms with Crippen LogP contribution in [0, 0.1) is 19.8 Å². The minimum Gasteiger partial charge on any atom is -0.478 e. The van der Waals surface area contributed by atoms with E-state index in [2.05, 4.69) is 36.3 Å². The Morgan fingerprint density at radius 1 is 1.20 bits per heavy atom. The first-order valence-corrected chi connectivity index (χ1v) is 14.3. The maximum atomic E-state index is 13.6. The first-order valence-electron chi connectivity index (χ1n) is 14.3. The van der Waals surface area contributed by atoms with E-state index in [9.17, 15) is 14.7 Å². The zero-order chi connectivity index (χ0) is 30.1. The van der Waals surface area contributed by atoms with Crippen LogP contribution in [0.1, 0.15) is 79.4 Å². The van der Waals surface area contributed by atoms with Crippen LogP contribution in [0.3, 0.4) is 0 Å². The van der Waals surface area contributed by atoms with Gasteiger partial charge in [0.15, 0.2) is 5.43 Å². The summed E-state index contributed by atoms with van der Waals surface area (Å²) in [4.78, 5) is 25.3. The van der Waals surface area contributed by atoms with Crippen LogP contribution in [0.5, 0.6) is 0 Å². The molecule has 0 amide bonds. The summed E-state index contributed by atoms with van der Waals surface area (Å²) in [6.07, 6.45) is 11.9. The summed E-state index contributed by atoms with van der Waals surface area (Å²) in [5.41, 5.74) is 5.54. The zero-order valence-corrected chi connectivity index (χ0v) is 25.0. The van der Waals surface area contributed by atoms with E-state index in [0.717, 1.165) is 35.1 Å². The van der Waals surface area contributed by atoms with Gasteiger partial charge in [0.1, 0.15) is 11.3 Å². The van der Waals surface area contributed by atoms with Crippen LogP contribution in [0.4, 0.5) is 5.69 Å². The highest BCUT2D eigenvalue weighted by Crippen LogP contribution is 2.32. The number of para-hydroxylation sites is 1. The Morgan fingerprint density at radius 2 is 1.93 bits per heavy atom. The number of anilines is 1. The predicted octanol–water partition coefficient (Wildman–Crippen LogP) is 8.34. The highest BCUT2D eigenvalue weighted by Gasteiger charge is 2.22. The van der Waals surface area contributed by atoms with Crippen molar-refractivity contribution in [3.63, 3.8) is 0 Å². The molecule has 0 radical (unpaired) electrons. The monoisotopic (exact) mass is 554 g/mol. The van der Waals surface area contributed by atoms with Crippen molar-refractivity contribution < 1.29 is 14.3 Å². The Labute approximate surface area is 243 Å². The summed E-state index contributed by atoms with van der Waals surface area (Å²) in [5, 5.41) is 16.8. The molecule has 216 valence electrons. The number of dihydropyridines is 1. The number of carbonyl (C=O) groups is 1. The lowest BCUT2D eigenvalue weighted by atomic mass is 9.95. The highest BCUT2D eigenvalue weighted by molar-refractivity contribution is 5.94. The number of carboxylic acids is 1. The number of rotatable bonds is 10. The first kappa shape index (κ1) is 31.2. The van der Waals surface area contributed by atoms with Crippen LogP contribution in [0.15, 0.2) is 88.3 Å². The fourth-order valence-electron chi connectivity index (χ4n) is 4.96. The molecular formula is C35H42N2O4. The fraction of sp³-hybridized carbons (Fsp3) is 0.314. The quantitative estimate of drug-likeness (QED) is 0.218. The molecule has 1 aromatic heterocycles. The molecule has 4 rings (SSSR count). The van der Waals surface area contributed by atoms with Crippen LogP contribution in [-0.2, 0) is 0 Å². The summed E-state index contributed by atoms with van der Waals surface area (Å²) in [6.45, 7) is 16.2. The number of fused-ring (bicyclic) bond motifs is 1. The fourth-order valence-corrected chi connectivity index (χ4v) is 4.96. The second-order valence-corrected chi connectivity index (χ2v) is 10.2. The first-order chi connectivity index (χ1) is 19.7. The molecule has 0 spiro atoms. The van der Waals surface area contributed by atoms with Crippen LogP contribution in [0.2, 0.25) is 0 Å². The number of hydrogen-bond donors (Lipinski definition) is 3. The van der Waals surface area contributed by atoms with Gasteiger partial charge < -0.3 is 20.2 Å². The molecule has 0 fully saturated rings. The number of allylic oxidation sites excluding steroid dienone is 5. The van der Waals surface area contributed by atoms with Crippen molar-refractivity contribution >= 4 is 28.2 Å². The Hall–Kier alpha value is -4.32. The molecule has 6 heteroatoms. The molecule has 3 N–H and O–H groups in total. The van der Waals surface area contributed by atoms with Crippen molar-refractivity contribution in [2.24, 2.45) is 5.92 Å². The van der Waals surface area contributed by atoms with Crippen LogP contribution < -0.4 is 16.1 Å². The van der Waals surface area contributed by atoms with Crippen molar-refractivity contribution in [2.75, 3.05) is 11.9 Å². The van der Waals surface area contributed by atoms with E-state index in [1.54, 1.807) is 30.3 Å². The Kier molecular flexibility index (Phi) is 10.9. The van der Waals surface area contributed by atoms with Gasteiger partial charge in [-0.15, -0.1) is 0 Å². The molecule has 2 unspecified atom stereocenters. The Morgan fingerprint density at radius 3 is 2.63 bits per heavy atom. The van der Waals surface area contributed by atoms with Gasteiger partial charge >= 0.3 is 5.97 Å². The molecule has 1 aliphatic heterocycles. The molecule has 2 heterocycles. The minimum absolute atomic E-state index is 0.0606. The third-order valence-corrected chi connectivity index (χ3v) is 7.08. The van der Waals surface area contributed by atoms with Gasteiger partial charge in [0.25, 0.3) is 0 Å². The summed E-state index contributed by atoms with van der Waals surface area (Å²) >= 11 is 0. The van der Waals surface area contributed by atoms with Gasteiger partial charge in [-0.2, -0.15) is 0 Å². The largest absolute Gasteiger partial charge is 0.478 e. The number of carboxylic acid groups (broad SMARTS) is 1. The summed E-state index contributed by atoms with van der Waals surface area (Å²) in [5.74, 6) is -0.00180. The van der Waals surface area contributed by atoms with Gasteiger partial charge in [-0.1, -0.05) is 63.8 Å².